The minimum Gasteiger partial charge on any atom is -0.351 e. The average Bonchev–Trinajstić information content (AvgIpc) is 2.38. The Labute approximate surface area is 114 Å². The smallest absolute Gasteiger partial charge is 0.241 e. The van der Waals surface area contributed by atoms with E-state index in [1.54, 1.807) is 11.8 Å². The van der Waals surface area contributed by atoms with Gasteiger partial charge in [-0.1, -0.05) is 36.8 Å². The molecule has 4 heteroatoms. The number of nitrogens with one attached hydrogen (secondary N) is 1. The number of nitrogens with two attached hydrogens (primary N) is 1. The number of hydrogen-bond donors (Lipinski definition) is 2. The summed E-state index contributed by atoms with van der Waals surface area (Å²) in [6, 6.07) is 7.39. The molecular formula is C14H22N2OS. The number of thioether (sulfide) groups is 1. The highest BCUT2D eigenvalue weighted by atomic mass is 32.2. The number of benzene rings is 1. The molecule has 0 aliphatic heterocycles. The van der Waals surface area contributed by atoms with E-state index < -0.39 is 6.04 Å². The van der Waals surface area contributed by atoms with Crippen molar-refractivity contribution in [2.45, 2.75) is 32.4 Å². The van der Waals surface area contributed by atoms with Gasteiger partial charge in [0.1, 0.15) is 6.04 Å². The third kappa shape index (κ3) is 4.35. The molecule has 2 atom stereocenters. The molecule has 3 N–H and O–H groups in total. The van der Waals surface area contributed by atoms with Crippen LogP contribution in [-0.4, -0.2) is 24.0 Å². The zero-order valence-electron chi connectivity index (χ0n) is 11.3. The summed E-state index contributed by atoms with van der Waals surface area (Å²) in [5, 5.41) is 3.00. The number of hydrogen-bond acceptors (Lipinski definition) is 3. The molecule has 0 radical (unpaired) electrons. The van der Waals surface area contributed by atoms with Crippen LogP contribution in [0.5, 0.6) is 0 Å². The predicted octanol–water partition coefficient (Wildman–Crippen LogP) is 2.25. The molecule has 0 saturated carbocycles. The van der Waals surface area contributed by atoms with Crippen molar-refractivity contribution in [1.29, 1.82) is 0 Å². The maximum Gasteiger partial charge on any atom is 0.241 e. The summed E-state index contributed by atoms with van der Waals surface area (Å²) in [5.41, 5.74) is 7.99. The van der Waals surface area contributed by atoms with Crippen molar-refractivity contribution >= 4 is 17.7 Å². The van der Waals surface area contributed by atoms with E-state index >= 15 is 0 Å². The first-order chi connectivity index (χ1) is 8.58. The minimum atomic E-state index is -0.582. The quantitative estimate of drug-likeness (QED) is 0.830. The van der Waals surface area contributed by atoms with Crippen LogP contribution in [0.25, 0.3) is 0 Å². The van der Waals surface area contributed by atoms with Crippen molar-refractivity contribution in [3.63, 3.8) is 0 Å². The molecule has 1 aromatic carbocycles. The summed E-state index contributed by atoms with van der Waals surface area (Å²) in [6.07, 6.45) is 2.96. The van der Waals surface area contributed by atoms with Crippen LogP contribution in [0.4, 0.5) is 0 Å². The fraction of sp³-hybridized carbons (Fsp3) is 0.500. The van der Waals surface area contributed by atoms with Crippen LogP contribution >= 0.6 is 11.8 Å². The van der Waals surface area contributed by atoms with E-state index in [9.17, 15) is 4.79 Å². The second kappa shape index (κ2) is 7.44. The van der Waals surface area contributed by atoms with E-state index in [1.165, 1.54) is 5.56 Å². The topological polar surface area (TPSA) is 55.1 Å². The Kier molecular flexibility index (Phi) is 6.22. The van der Waals surface area contributed by atoms with E-state index in [4.69, 9.17) is 5.73 Å². The molecule has 0 fully saturated rings. The number of carbonyl (C=O) groups excluding carboxylic acids is 1. The van der Waals surface area contributed by atoms with Gasteiger partial charge < -0.3 is 11.1 Å². The molecule has 1 amide bonds. The Morgan fingerprint density at radius 1 is 1.39 bits per heavy atom. The largest absolute Gasteiger partial charge is 0.351 e. The van der Waals surface area contributed by atoms with Gasteiger partial charge in [-0.15, -0.1) is 0 Å². The maximum absolute atomic E-state index is 12.0. The summed E-state index contributed by atoms with van der Waals surface area (Å²) < 4.78 is 0. The standard InChI is InChI=1S/C14H22N2OS/c1-4-12(9-18-3)16-14(17)13(15)11-7-5-10(2)6-8-11/h5-8,12-13H,4,9,15H2,1-3H3,(H,16,17). The lowest BCUT2D eigenvalue weighted by Gasteiger charge is -2.19. The lowest BCUT2D eigenvalue weighted by Crippen LogP contribution is -2.41. The Bertz CT molecular complexity index is 378. The first kappa shape index (κ1) is 15.1. The molecule has 2 unspecified atom stereocenters. The van der Waals surface area contributed by atoms with Crippen LogP contribution in [0.1, 0.15) is 30.5 Å². The van der Waals surface area contributed by atoms with Gasteiger partial charge in [-0.25, -0.2) is 0 Å². The predicted molar refractivity (Wildman–Crippen MR) is 78.7 cm³/mol. The SMILES string of the molecule is CCC(CSC)NC(=O)C(N)c1ccc(C)cc1. The van der Waals surface area contributed by atoms with Crippen LogP contribution < -0.4 is 11.1 Å². The van der Waals surface area contributed by atoms with Crippen molar-refractivity contribution < 1.29 is 4.79 Å². The molecule has 100 valence electrons. The molecule has 0 heterocycles. The highest BCUT2D eigenvalue weighted by Crippen LogP contribution is 2.12. The van der Waals surface area contributed by atoms with E-state index in [1.807, 2.05) is 37.4 Å². The van der Waals surface area contributed by atoms with Gasteiger partial charge in [0.25, 0.3) is 0 Å². The van der Waals surface area contributed by atoms with E-state index in [0.717, 1.165) is 17.7 Å². The fourth-order valence-electron chi connectivity index (χ4n) is 1.68. The maximum atomic E-state index is 12.0. The van der Waals surface area contributed by atoms with Crippen LogP contribution in [-0.2, 0) is 4.79 Å². The summed E-state index contributed by atoms with van der Waals surface area (Å²) in [7, 11) is 0. The van der Waals surface area contributed by atoms with Gasteiger partial charge in [0.2, 0.25) is 5.91 Å². The van der Waals surface area contributed by atoms with Crippen LogP contribution in [0.2, 0.25) is 0 Å². The van der Waals surface area contributed by atoms with Gasteiger partial charge in [0, 0.05) is 11.8 Å². The molecule has 0 bridgehead atoms. The van der Waals surface area contributed by atoms with Crippen molar-refractivity contribution in [3.05, 3.63) is 35.4 Å². The molecule has 1 rings (SSSR count). The molecule has 0 spiro atoms. The normalized spacial score (nSPS) is 14.0. The second-order valence-electron chi connectivity index (χ2n) is 4.46. The van der Waals surface area contributed by atoms with Crippen molar-refractivity contribution in [2.75, 3.05) is 12.0 Å². The molecule has 0 aliphatic rings. The third-order valence-corrected chi connectivity index (χ3v) is 3.66. The Morgan fingerprint density at radius 3 is 2.50 bits per heavy atom. The van der Waals surface area contributed by atoms with E-state index in [0.29, 0.717) is 0 Å². The lowest BCUT2D eigenvalue weighted by molar-refractivity contribution is -0.123. The van der Waals surface area contributed by atoms with Crippen molar-refractivity contribution in [1.82, 2.24) is 5.32 Å². The second-order valence-corrected chi connectivity index (χ2v) is 5.37. The molecule has 18 heavy (non-hydrogen) atoms. The summed E-state index contributed by atoms with van der Waals surface area (Å²) in [4.78, 5) is 12.0. The molecule has 0 aliphatic carbocycles. The van der Waals surface area contributed by atoms with Gasteiger partial charge in [0.05, 0.1) is 0 Å². The van der Waals surface area contributed by atoms with Crippen LogP contribution in [0, 0.1) is 6.92 Å². The molecular weight excluding hydrogens is 244 g/mol. The number of rotatable bonds is 6. The molecule has 0 saturated heterocycles. The van der Waals surface area contributed by atoms with E-state index in [-0.39, 0.29) is 11.9 Å². The fourth-order valence-corrected chi connectivity index (χ4v) is 2.40. The molecule has 0 aromatic heterocycles. The minimum absolute atomic E-state index is 0.0975. The highest BCUT2D eigenvalue weighted by Gasteiger charge is 2.18. The first-order valence-corrected chi connectivity index (χ1v) is 7.59. The van der Waals surface area contributed by atoms with Crippen LogP contribution in [0.3, 0.4) is 0 Å². The van der Waals surface area contributed by atoms with Crippen molar-refractivity contribution in [2.24, 2.45) is 5.73 Å². The van der Waals surface area contributed by atoms with E-state index in [2.05, 4.69) is 12.2 Å². The number of carbonyl (C=O) groups is 1. The number of amides is 1. The summed E-state index contributed by atoms with van der Waals surface area (Å²) in [6.45, 7) is 4.08. The summed E-state index contributed by atoms with van der Waals surface area (Å²) in [5.74, 6) is 0.822. The molecule has 3 nitrogen and oxygen atoms in total. The van der Waals surface area contributed by atoms with Crippen LogP contribution in [0.15, 0.2) is 24.3 Å². The molecule has 1 aromatic rings. The van der Waals surface area contributed by atoms with Gasteiger partial charge in [-0.2, -0.15) is 11.8 Å². The zero-order chi connectivity index (χ0) is 13.5. The Morgan fingerprint density at radius 2 is 2.00 bits per heavy atom. The van der Waals surface area contributed by atoms with Gasteiger partial charge >= 0.3 is 0 Å². The van der Waals surface area contributed by atoms with Crippen molar-refractivity contribution in [3.8, 4) is 0 Å². The Balaban J connectivity index is 2.63. The lowest BCUT2D eigenvalue weighted by atomic mass is 10.0. The summed E-state index contributed by atoms with van der Waals surface area (Å²) >= 11 is 1.73. The zero-order valence-corrected chi connectivity index (χ0v) is 12.1. The monoisotopic (exact) mass is 266 g/mol. The van der Waals surface area contributed by atoms with Gasteiger partial charge in [-0.3, -0.25) is 4.79 Å². The highest BCUT2D eigenvalue weighted by molar-refractivity contribution is 7.98. The van der Waals surface area contributed by atoms with Gasteiger partial charge in [-0.05, 0) is 25.2 Å². The Hall–Kier alpha value is -1.00. The van der Waals surface area contributed by atoms with Gasteiger partial charge in [0.15, 0.2) is 0 Å². The number of aryl methyl sites for hydroxylation is 1. The first-order valence-electron chi connectivity index (χ1n) is 6.20. The third-order valence-electron chi connectivity index (χ3n) is 2.93. The average molecular weight is 266 g/mol.